The fourth-order valence-electron chi connectivity index (χ4n) is 4.46. The van der Waals surface area contributed by atoms with Gasteiger partial charge in [0.05, 0.1) is 0 Å². The normalized spacial score (nSPS) is 35.2. The van der Waals surface area contributed by atoms with Crippen molar-refractivity contribution < 1.29 is 0 Å². The van der Waals surface area contributed by atoms with Gasteiger partial charge in [-0.1, -0.05) is 32.6 Å². The zero-order valence-corrected chi connectivity index (χ0v) is 13.4. The summed E-state index contributed by atoms with van der Waals surface area (Å²) in [5.74, 6) is 1.99. The van der Waals surface area contributed by atoms with E-state index >= 15 is 0 Å². The number of hydrogen-bond donors (Lipinski definition) is 1. The maximum Gasteiger partial charge on any atom is 0.0334 e. The van der Waals surface area contributed by atoms with Crippen LogP contribution < -0.4 is 5.73 Å². The Hall–Kier alpha value is -0.0800. The van der Waals surface area contributed by atoms with E-state index in [0.29, 0.717) is 5.54 Å². The van der Waals surface area contributed by atoms with E-state index in [1.54, 1.807) is 0 Å². The molecule has 3 saturated carbocycles. The van der Waals surface area contributed by atoms with E-state index in [4.69, 9.17) is 5.73 Å². The van der Waals surface area contributed by atoms with Crippen molar-refractivity contribution in [2.24, 2.45) is 17.6 Å². The van der Waals surface area contributed by atoms with Crippen molar-refractivity contribution in [2.45, 2.75) is 89.1 Å². The van der Waals surface area contributed by atoms with E-state index in [9.17, 15) is 0 Å². The third-order valence-corrected chi connectivity index (χ3v) is 6.10. The zero-order valence-electron chi connectivity index (χ0n) is 13.4. The van der Waals surface area contributed by atoms with Crippen molar-refractivity contribution in [1.82, 2.24) is 4.90 Å². The molecule has 0 bridgehead atoms. The molecule has 2 atom stereocenters. The SMILES string of the molecule is CCCC1CCCC(CN)(N(CC2CC2)C2CC2)CC1. The van der Waals surface area contributed by atoms with Crippen LogP contribution in [0.4, 0.5) is 0 Å². The number of rotatable bonds is 7. The minimum Gasteiger partial charge on any atom is -0.329 e. The molecule has 0 aliphatic heterocycles. The molecule has 0 aromatic carbocycles. The quantitative estimate of drug-likeness (QED) is 0.715. The number of hydrogen-bond acceptors (Lipinski definition) is 2. The molecule has 0 heterocycles. The zero-order chi connectivity index (χ0) is 14.0. The number of nitrogens with zero attached hydrogens (tertiary/aromatic N) is 1. The van der Waals surface area contributed by atoms with E-state index in [1.807, 2.05) is 0 Å². The van der Waals surface area contributed by atoms with Crippen LogP contribution in [0.25, 0.3) is 0 Å². The fraction of sp³-hybridized carbons (Fsp3) is 1.00. The van der Waals surface area contributed by atoms with Gasteiger partial charge in [-0.25, -0.2) is 0 Å². The first-order chi connectivity index (χ1) is 9.77. The molecule has 3 rings (SSSR count). The Bertz CT molecular complexity index is 309. The molecule has 0 amide bonds. The van der Waals surface area contributed by atoms with Crippen LogP contribution in [-0.4, -0.2) is 29.6 Å². The Morgan fingerprint density at radius 1 is 1.00 bits per heavy atom. The van der Waals surface area contributed by atoms with Gasteiger partial charge in [0.2, 0.25) is 0 Å². The molecule has 2 N–H and O–H groups in total. The Morgan fingerprint density at radius 3 is 2.40 bits per heavy atom. The summed E-state index contributed by atoms with van der Waals surface area (Å²) in [6, 6.07) is 0.891. The van der Waals surface area contributed by atoms with Crippen LogP contribution in [0.3, 0.4) is 0 Å². The van der Waals surface area contributed by atoms with Gasteiger partial charge in [-0.2, -0.15) is 0 Å². The molecule has 2 nitrogen and oxygen atoms in total. The lowest BCUT2D eigenvalue weighted by Gasteiger charge is -2.44. The topological polar surface area (TPSA) is 29.3 Å². The Morgan fingerprint density at radius 2 is 1.80 bits per heavy atom. The van der Waals surface area contributed by atoms with E-state index in [-0.39, 0.29) is 0 Å². The minimum absolute atomic E-state index is 0.367. The predicted octanol–water partition coefficient (Wildman–Crippen LogP) is 3.94. The first-order valence-corrected chi connectivity index (χ1v) is 9.24. The van der Waals surface area contributed by atoms with Gasteiger partial charge in [0.25, 0.3) is 0 Å². The lowest BCUT2D eigenvalue weighted by molar-refractivity contribution is 0.0631. The molecule has 116 valence electrons. The highest BCUT2D eigenvalue weighted by molar-refractivity contribution is 5.02. The van der Waals surface area contributed by atoms with Crippen LogP contribution in [0, 0.1) is 11.8 Å². The standard InChI is InChI=1S/C18H34N2/c1-2-4-15-5-3-11-18(14-19,12-10-15)20(17-8-9-17)13-16-6-7-16/h15-17H,2-14,19H2,1H3. The summed E-state index contributed by atoms with van der Waals surface area (Å²) in [5.41, 5.74) is 6.72. The van der Waals surface area contributed by atoms with E-state index in [0.717, 1.165) is 24.4 Å². The maximum absolute atomic E-state index is 6.35. The van der Waals surface area contributed by atoms with Gasteiger partial charge in [-0.15, -0.1) is 0 Å². The summed E-state index contributed by atoms with van der Waals surface area (Å²) >= 11 is 0. The highest BCUT2D eigenvalue weighted by Crippen LogP contribution is 2.44. The van der Waals surface area contributed by atoms with Gasteiger partial charge >= 0.3 is 0 Å². The Kier molecular flexibility index (Phi) is 4.72. The molecular weight excluding hydrogens is 244 g/mol. The molecule has 0 aromatic heterocycles. The second kappa shape index (κ2) is 6.36. The third-order valence-electron chi connectivity index (χ3n) is 6.10. The van der Waals surface area contributed by atoms with Crippen LogP contribution in [-0.2, 0) is 0 Å². The first kappa shape index (κ1) is 14.8. The molecule has 0 spiro atoms. The van der Waals surface area contributed by atoms with Gasteiger partial charge in [0, 0.05) is 24.7 Å². The second-order valence-electron chi connectivity index (χ2n) is 7.84. The minimum atomic E-state index is 0.367. The molecule has 3 aliphatic rings. The van der Waals surface area contributed by atoms with Crippen molar-refractivity contribution in [1.29, 1.82) is 0 Å². The Balaban J connectivity index is 1.67. The maximum atomic E-state index is 6.35. The molecule has 3 fully saturated rings. The predicted molar refractivity (Wildman–Crippen MR) is 85.7 cm³/mol. The summed E-state index contributed by atoms with van der Waals surface area (Å²) in [4.78, 5) is 2.90. The van der Waals surface area contributed by atoms with E-state index < -0.39 is 0 Å². The highest BCUT2D eigenvalue weighted by Gasteiger charge is 2.45. The van der Waals surface area contributed by atoms with Crippen LogP contribution in [0.2, 0.25) is 0 Å². The highest BCUT2D eigenvalue weighted by atomic mass is 15.3. The summed E-state index contributed by atoms with van der Waals surface area (Å²) in [6.07, 6.45) is 15.7. The van der Waals surface area contributed by atoms with Crippen molar-refractivity contribution in [3.8, 4) is 0 Å². The van der Waals surface area contributed by atoms with E-state index in [1.165, 1.54) is 77.2 Å². The summed E-state index contributed by atoms with van der Waals surface area (Å²) in [6.45, 7) is 4.60. The monoisotopic (exact) mass is 278 g/mol. The summed E-state index contributed by atoms with van der Waals surface area (Å²) in [7, 11) is 0. The molecule has 20 heavy (non-hydrogen) atoms. The van der Waals surface area contributed by atoms with Gasteiger partial charge in [-0.3, -0.25) is 4.90 Å². The van der Waals surface area contributed by atoms with E-state index in [2.05, 4.69) is 11.8 Å². The molecule has 0 radical (unpaired) electrons. The molecular formula is C18H34N2. The van der Waals surface area contributed by atoms with Crippen molar-refractivity contribution in [3.63, 3.8) is 0 Å². The van der Waals surface area contributed by atoms with Crippen LogP contribution in [0.15, 0.2) is 0 Å². The summed E-state index contributed by atoms with van der Waals surface area (Å²) < 4.78 is 0. The van der Waals surface area contributed by atoms with Crippen molar-refractivity contribution >= 4 is 0 Å². The first-order valence-electron chi connectivity index (χ1n) is 9.24. The lowest BCUT2D eigenvalue weighted by Crippen LogP contribution is -2.55. The van der Waals surface area contributed by atoms with Crippen LogP contribution in [0.1, 0.15) is 77.6 Å². The van der Waals surface area contributed by atoms with Crippen LogP contribution in [0.5, 0.6) is 0 Å². The lowest BCUT2D eigenvalue weighted by atomic mass is 9.86. The third kappa shape index (κ3) is 3.39. The fourth-order valence-corrected chi connectivity index (χ4v) is 4.46. The van der Waals surface area contributed by atoms with Gasteiger partial charge in [0.1, 0.15) is 0 Å². The van der Waals surface area contributed by atoms with Crippen molar-refractivity contribution in [2.75, 3.05) is 13.1 Å². The molecule has 3 aliphatic carbocycles. The van der Waals surface area contributed by atoms with Crippen molar-refractivity contribution in [3.05, 3.63) is 0 Å². The molecule has 0 saturated heterocycles. The number of nitrogens with two attached hydrogens (primary N) is 1. The molecule has 2 heteroatoms. The average Bonchev–Trinajstić information content (AvgIpc) is 3.30. The average molecular weight is 278 g/mol. The van der Waals surface area contributed by atoms with Gasteiger partial charge in [-0.05, 0) is 56.8 Å². The summed E-state index contributed by atoms with van der Waals surface area (Å²) in [5, 5.41) is 0. The Labute approximate surface area is 125 Å². The molecule has 2 unspecified atom stereocenters. The van der Waals surface area contributed by atoms with Gasteiger partial charge < -0.3 is 5.73 Å². The largest absolute Gasteiger partial charge is 0.329 e. The second-order valence-corrected chi connectivity index (χ2v) is 7.84. The smallest absolute Gasteiger partial charge is 0.0334 e. The molecule has 0 aromatic rings. The van der Waals surface area contributed by atoms with Gasteiger partial charge in [0.15, 0.2) is 0 Å². The van der Waals surface area contributed by atoms with Crippen LogP contribution >= 0.6 is 0 Å².